The first kappa shape index (κ1) is 19.5. The van der Waals surface area contributed by atoms with Crippen molar-refractivity contribution in [2.45, 2.75) is 38.8 Å². The van der Waals surface area contributed by atoms with E-state index in [2.05, 4.69) is 44.7 Å². The van der Waals surface area contributed by atoms with E-state index < -0.39 is 6.10 Å². The Morgan fingerprint density at radius 1 is 1.20 bits per heavy atom. The Labute approximate surface area is 151 Å². The van der Waals surface area contributed by atoms with Crippen LogP contribution in [0, 0.1) is 0 Å². The zero-order valence-corrected chi connectivity index (χ0v) is 15.4. The number of rotatable bonds is 8. The lowest BCUT2D eigenvalue weighted by molar-refractivity contribution is 0.159. The van der Waals surface area contributed by atoms with Crippen molar-refractivity contribution in [1.82, 2.24) is 15.5 Å². The Bertz CT molecular complexity index is 503. The van der Waals surface area contributed by atoms with Gasteiger partial charge in [-0.15, -0.1) is 0 Å². The summed E-state index contributed by atoms with van der Waals surface area (Å²) in [6.07, 6.45) is 1.16. The van der Waals surface area contributed by atoms with E-state index in [-0.39, 0.29) is 12.1 Å². The molecule has 0 aliphatic carbocycles. The van der Waals surface area contributed by atoms with Crippen molar-refractivity contribution in [3.63, 3.8) is 0 Å². The number of nitrogens with one attached hydrogen (secondary N) is 2. The van der Waals surface area contributed by atoms with Crippen LogP contribution in [-0.2, 0) is 0 Å². The first-order valence-corrected chi connectivity index (χ1v) is 9.33. The van der Waals surface area contributed by atoms with Crippen LogP contribution in [0.4, 0.5) is 10.5 Å². The second kappa shape index (κ2) is 10.3. The summed E-state index contributed by atoms with van der Waals surface area (Å²) in [7, 11) is 0. The number of para-hydroxylation sites is 1. The van der Waals surface area contributed by atoms with Gasteiger partial charge in [0.05, 0.1) is 6.10 Å². The number of aliphatic hydroxyl groups is 1. The molecule has 1 saturated heterocycles. The van der Waals surface area contributed by atoms with E-state index >= 15 is 0 Å². The van der Waals surface area contributed by atoms with Gasteiger partial charge in [0.2, 0.25) is 0 Å². The summed E-state index contributed by atoms with van der Waals surface area (Å²) in [5.41, 5.74) is 1.28. The molecule has 0 spiro atoms. The van der Waals surface area contributed by atoms with Crippen LogP contribution < -0.4 is 15.5 Å². The number of carbonyl (C=O) groups excluding carboxylic acids is 1. The number of urea groups is 1. The average Bonchev–Trinajstić information content (AvgIpc) is 2.61. The van der Waals surface area contributed by atoms with Crippen LogP contribution in [0.3, 0.4) is 0 Å². The number of hydrogen-bond acceptors (Lipinski definition) is 4. The molecular formula is C19H32N4O2. The van der Waals surface area contributed by atoms with E-state index in [9.17, 15) is 9.90 Å². The van der Waals surface area contributed by atoms with Crippen LogP contribution in [0.5, 0.6) is 0 Å². The van der Waals surface area contributed by atoms with Gasteiger partial charge in [0.25, 0.3) is 0 Å². The number of amides is 2. The zero-order valence-electron chi connectivity index (χ0n) is 15.4. The standard InChI is InChI=1S/C19H32N4O2/c1-3-7-18(24)14-20-19(25)21-16(2)15-22-10-12-23(13-11-22)17-8-5-4-6-9-17/h4-6,8-9,16,18,24H,3,7,10-15H2,1-2H3,(H2,20,21,25). The summed E-state index contributed by atoms with van der Waals surface area (Å²) in [5.74, 6) is 0. The van der Waals surface area contributed by atoms with Crippen molar-refractivity contribution in [2.24, 2.45) is 0 Å². The third-order valence-electron chi connectivity index (χ3n) is 4.52. The Morgan fingerprint density at radius 2 is 1.88 bits per heavy atom. The molecule has 2 atom stereocenters. The molecule has 0 bridgehead atoms. The first-order chi connectivity index (χ1) is 12.1. The molecule has 1 heterocycles. The van der Waals surface area contributed by atoms with Gasteiger partial charge < -0.3 is 20.6 Å². The van der Waals surface area contributed by atoms with Crippen molar-refractivity contribution in [3.8, 4) is 0 Å². The molecule has 6 heteroatoms. The number of nitrogens with zero attached hydrogens (tertiary/aromatic N) is 2. The van der Waals surface area contributed by atoms with Crippen molar-refractivity contribution in [2.75, 3.05) is 44.2 Å². The predicted octanol–water partition coefficient (Wildman–Crippen LogP) is 1.66. The molecule has 140 valence electrons. The van der Waals surface area contributed by atoms with Crippen LogP contribution in [0.2, 0.25) is 0 Å². The van der Waals surface area contributed by atoms with Gasteiger partial charge in [0, 0.05) is 51.0 Å². The number of hydrogen-bond donors (Lipinski definition) is 3. The van der Waals surface area contributed by atoms with E-state index in [0.29, 0.717) is 13.0 Å². The minimum Gasteiger partial charge on any atom is -0.391 e. The van der Waals surface area contributed by atoms with Gasteiger partial charge in [-0.05, 0) is 25.5 Å². The molecule has 1 aromatic rings. The van der Waals surface area contributed by atoms with Crippen molar-refractivity contribution in [3.05, 3.63) is 30.3 Å². The van der Waals surface area contributed by atoms with Crippen molar-refractivity contribution in [1.29, 1.82) is 0 Å². The summed E-state index contributed by atoms with van der Waals surface area (Å²) in [4.78, 5) is 16.7. The van der Waals surface area contributed by atoms with Gasteiger partial charge in [0.1, 0.15) is 0 Å². The summed E-state index contributed by atoms with van der Waals surface area (Å²) >= 11 is 0. The van der Waals surface area contributed by atoms with E-state index in [1.54, 1.807) is 0 Å². The van der Waals surface area contributed by atoms with Gasteiger partial charge >= 0.3 is 6.03 Å². The molecule has 1 fully saturated rings. The summed E-state index contributed by atoms with van der Waals surface area (Å²) in [5, 5.41) is 15.3. The lowest BCUT2D eigenvalue weighted by atomic mass is 10.2. The smallest absolute Gasteiger partial charge is 0.315 e. The first-order valence-electron chi connectivity index (χ1n) is 9.33. The topological polar surface area (TPSA) is 67.8 Å². The maximum absolute atomic E-state index is 11.9. The summed E-state index contributed by atoms with van der Waals surface area (Å²) in [6, 6.07) is 10.4. The van der Waals surface area contributed by atoms with Gasteiger partial charge in [-0.25, -0.2) is 4.79 Å². The third kappa shape index (κ3) is 6.92. The molecule has 2 rings (SSSR count). The number of benzene rings is 1. The number of aliphatic hydroxyl groups excluding tert-OH is 1. The molecule has 0 aromatic heterocycles. The predicted molar refractivity (Wildman–Crippen MR) is 102 cm³/mol. The van der Waals surface area contributed by atoms with Gasteiger partial charge in [-0.1, -0.05) is 31.5 Å². The number of piperazine rings is 1. The average molecular weight is 348 g/mol. The Hall–Kier alpha value is -1.79. The molecule has 3 N–H and O–H groups in total. The van der Waals surface area contributed by atoms with E-state index in [0.717, 1.165) is 39.1 Å². The highest BCUT2D eigenvalue weighted by Crippen LogP contribution is 2.15. The monoisotopic (exact) mass is 348 g/mol. The van der Waals surface area contributed by atoms with Gasteiger partial charge in [-0.2, -0.15) is 0 Å². The fourth-order valence-corrected chi connectivity index (χ4v) is 3.18. The largest absolute Gasteiger partial charge is 0.391 e. The van der Waals surface area contributed by atoms with Crippen LogP contribution in [0.25, 0.3) is 0 Å². The number of anilines is 1. The number of carbonyl (C=O) groups is 1. The maximum atomic E-state index is 11.9. The molecule has 25 heavy (non-hydrogen) atoms. The maximum Gasteiger partial charge on any atom is 0.315 e. The van der Waals surface area contributed by atoms with Crippen LogP contribution in [0.1, 0.15) is 26.7 Å². The minimum atomic E-state index is -0.461. The normalized spacial score (nSPS) is 17.8. The molecule has 1 aliphatic heterocycles. The van der Waals surface area contributed by atoms with Gasteiger partial charge in [-0.3, -0.25) is 4.90 Å². The molecule has 2 amide bonds. The van der Waals surface area contributed by atoms with Crippen molar-refractivity contribution < 1.29 is 9.90 Å². The second-order valence-corrected chi connectivity index (χ2v) is 6.82. The summed E-state index contributed by atoms with van der Waals surface area (Å²) < 4.78 is 0. The highest BCUT2D eigenvalue weighted by atomic mass is 16.3. The highest BCUT2D eigenvalue weighted by Gasteiger charge is 2.19. The van der Waals surface area contributed by atoms with Gasteiger partial charge in [0.15, 0.2) is 0 Å². The Kier molecular flexibility index (Phi) is 8.01. The Balaban J connectivity index is 1.65. The third-order valence-corrected chi connectivity index (χ3v) is 4.52. The van der Waals surface area contributed by atoms with E-state index in [4.69, 9.17) is 0 Å². The lowest BCUT2D eigenvalue weighted by Gasteiger charge is -2.37. The molecule has 0 saturated carbocycles. The van der Waals surface area contributed by atoms with Crippen LogP contribution in [-0.4, -0.2) is 67.5 Å². The minimum absolute atomic E-state index is 0.0755. The molecule has 2 unspecified atom stereocenters. The molecule has 6 nitrogen and oxygen atoms in total. The molecule has 0 radical (unpaired) electrons. The molecule has 1 aliphatic rings. The second-order valence-electron chi connectivity index (χ2n) is 6.82. The Morgan fingerprint density at radius 3 is 2.52 bits per heavy atom. The SMILES string of the molecule is CCCC(O)CNC(=O)NC(C)CN1CCN(c2ccccc2)CC1. The quantitative estimate of drug-likeness (QED) is 0.668. The van der Waals surface area contributed by atoms with E-state index in [1.165, 1.54) is 5.69 Å². The fraction of sp³-hybridized carbons (Fsp3) is 0.632. The van der Waals surface area contributed by atoms with Crippen LogP contribution >= 0.6 is 0 Å². The van der Waals surface area contributed by atoms with Crippen LogP contribution in [0.15, 0.2) is 30.3 Å². The fourth-order valence-electron chi connectivity index (χ4n) is 3.18. The lowest BCUT2D eigenvalue weighted by Crippen LogP contribution is -2.52. The summed E-state index contributed by atoms with van der Waals surface area (Å²) in [6.45, 7) is 9.19. The molecule has 1 aromatic carbocycles. The van der Waals surface area contributed by atoms with Crippen molar-refractivity contribution >= 4 is 11.7 Å². The zero-order chi connectivity index (χ0) is 18.1. The molecular weight excluding hydrogens is 316 g/mol. The van der Waals surface area contributed by atoms with E-state index in [1.807, 2.05) is 19.9 Å². The highest BCUT2D eigenvalue weighted by molar-refractivity contribution is 5.74.